The van der Waals surface area contributed by atoms with Crippen LogP contribution in [0, 0.1) is 0 Å². The molecule has 0 spiro atoms. The molecule has 1 fully saturated rings. The summed E-state index contributed by atoms with van der Waals surface area (Å²) in [6, 6.07) is 24.7. The van der Waals surface area contributed by atoms with Crippen LogP contribution in [0.4, 0.5) is 11.4 Å². The van der Waals surface area contributed by atoms with Crippen LogP contribution < -0.4 is 20.4 Å². The number of carbonyl (C=O) groups excluding carboxylic acids is 1. The summed E-state index contributed by atoms with van der Waals surface area (Å²) < 4.78 is 6.17. The number of anilines is 2. The summed E-state index contributed by atoms with van der Waals surface area (Å²) >= 11 is 6.23. The topological polar surface area (TPSA) is 86.7 Å². The predicted octanol–water partition coefficient (Wildman–Crippen LogP) is 5.40. The molecule has 36 heavy (non-hydrogen) atoms. The molecular weight excluding hydrogens is 476 g/mol. The number of amides is 1. The van der Waals surface area contributed by atoms with Crippen molar-refractivity contribution in [2.24, 2.45) is 0 Å². The van der Waals surface area contributed by atoms with Gasteiger partial charge in [0.15, 0.2) is 0 Å². The Hall–Kier alpha value is -4.07. The lowest BCUT2D eigenvalue weighted by atomic mass is 9.95. The van der Waals surface area contributed by atoms with Crippen LogP contribution in [0.2, 0.25) is 5.02 Å². The maximum Gasteiger partial charge on any atom is 0.275 e. The first kappa shape index (κ1) is 23.7. The van der Waals surface area contributed by atoms with Crippen LogP contribution in [0.1, 0.15) is 15.9 Å². The van der Waals surface area contributed by atoms with Crippen molar-refractivity contribution in [3.05, 3.63) is 107 Å². The maximum atomic E-state index is 12.4. The van der Waals surface area contributed by atoms with Gasteiger partial charge in [0.05, 0.1) is 24.3 Å². The molecule has 1 aliphatic heterocycles. The second-order valence-corrected chi connectivity index (χ2v) is 8.97. The van der Waals surface area contributed by atoms with Gasteiger partial charge in [-0.15, -0.1) is 0 Å². The van der Waals surface area contributed by atoms with Crippen LogP contribution in [-0.2, 0) is 6.54 Å². The van der Waals surface area contributed by atoms with E-state index < -0.39 is 5.91 Å². The van der Waals surface area contributed by atoms with Crippen molar-refractivity contribution in [3.63, 3.8) is 0 Å². The quantitative estimate of drug-likeness (QED) is 0.222. The smallest absolute Gasteiger partial charge is 0.275 e. The Balaban J connectivity index is 1.25. The molecule has 5 rings (SSSR count). The van der Waals surface area contributed by atoms with Gasteiger partial charge in [0.25, 0.3) is 5.91 Å². The molecule has 4 aromatic rings. The molecule has 8 heteroatoms. The van der Waals surface area contributed by atoms with Crippen molar-refractivity contribution in [2.45, 2.75) is 12.6 Å². The van der Waals surface area contributed by atoms with Gasteiger partial charge in [-0.1, -0.05) is 41.9 Å². The minimum Gasteiger partial charge on any atom is -0.487 e. The molecule has 182 valence electrons. The number of pyridine rings is 1. The highest BCUT2D eigenvalue weighted by Crippen LogP contribution is 2.38. The lowest BCUT2D eigenvalue weighted by Crippen LogP contribution is -2.54. The molecule has 1 aromatic heterocycles. The van der Waals surface area contributed by atoms with Gasteiger partial charge in [0.2, 0.25) is 0 Å². The first-order valence-electron chi connectivity index (χ1n) is 11.6. The van der Waals surface area contributed by atoms with Crippen molar-refractivity contribution in [1.29, 1.82) is 0 Å². The summed E-state index contributed by atoms with van der Waals surface area (Å²) in [6.45, 7) is 2.04. The van der Waals surface area contributed by atoms with E-state index in [0.717, 1.165) is 33.8 Å². The first-order chi connectivity index (χ1) is 17.6. The summed E-state index contributed by atoms with van der Waals surface area (Å²) in [4.78, 5) is 18.7. The van der Waals surface area contributed by atoms with Gasteiger partial charge in [0, 0.05) is 35.2 Å². The fourth-order valence-electron chi connectivity index (χ4n) is 4.26. The largest absolute Gasteiger partial charge is 0.487 e. The zero-order valence-electron chi connectivity index (χ0n) is 19.4. The molecule has 7 nitrogen and oxygen atoms in total. The predicted molar refractivity (Wildman–Crippen MR) is 141 cm³/mol. The Morgan fingerprint density at radius 1 is 1.06 bits per heavy atom. The lowest BCUT2D eigenvalue weighted by Gasteiger charge is -2.42. The highest BCUT2D eigenvalue weighted by molar-refractivity contribution is 6.31. The van der Waals surface area contributed by atoms with E-state index in [1.165, 1.54) is 0 Å². The minimum atomic E-state index is -0.571. The summed E-state index contributed by atoms with van der Waals surface area (Å²) in [5.74, 6) is 0.242. The molecule has 0 atom stereocenters. The van der Waals surface area contributed by atoms with Crippen molar-refractivity contribution < 1.29 is 14.7 Å². The number of nitrogens with zero attached hydrogens (tertiary/aromatic N) is 2. The molecule has 0 aliphatic carbocycles. The molecule has 0 radical (unpaired) electrons. The number of hydrogen-bond donors (Lipinski definition) is 3. The van der Waals surface area contributed by atoms with E-state index in [1.807, 2.05) is 60.7 Å². The molecule has 1 amide bonds. The fraction of sp³-hybridized carbons (Fsp3) is 0.143. The molecule has 3 aromatic carbocycles. The third-order valence-electron chi connectivity index (χ3n) is 6.07. The molecule has 3 N–H and O–H groups in total. The minimum absolute atomic E-state index is 0.0203. The summed E-state index contributed by atoms with van der Waals surface area (Å²) in [5, 5.41) is 13.2. The molecule has 1 aliphatic rings. The number of rotatable bonds is 8. The second-order valence-electron chi connectivity index (χ2n) is 8.54. The second kappa shape index (κ2) is 10.7. The molecule has 1 saturated heterocycles. The van der Waals surface area contributed by atoms with E-state index in [4.69, 9.17) is 16.3 Å². The normalized spacial score (nSPS) is 13.1. The third-order valence-corrected chi connectivity index (χ3v) is 6.31. The van der Waals surface area contributed by atoms with E-state index in [-0.39, 0.29) is 6.10 Å². The van der Waals surface area contributed by atoms with Gasteiger partial charge in [-0.05, 0) is 59.7 Å². The van der Waals surface area contributed by atoms with Crippen molar-refractivity contribution >= 4 is 28.9 Å². The number of halogens is 1. The van der Waals surface area contributed by atoms with E-state index in [9.17, 15) is 10.0 Å². The number of aromatic nitrogens is 1. The first-order valence-corrected chi connectivity index (χ1v) is 12.0. The van der Waals surface area contributed by atoms with Gasteiger partial charge in [-0.25, -0.2) is 5.48 Å². The zero-order valence-corrected chi connectivity index (χ0v) is 20.2. The number of nitrogens with one attached hydrogen (secondary N) is 2. The summed E-state index contributed by atoms with van der Waals surface area (Å²) in [6.07, 6.45) is 3.57. The third kappa shape index (κ3) is 5.27. The molecule has 0 bridgehead atoms. The molecule has 0 saturated carbocycles. The Bertz CT molecular complexity index is 1340. The highest BCUT2D eigenvalue weighted by atomic mass is 35.5. The fourth-order valence-corrected chi connectivity index (χ4v) is 4.45. The van der Waals surface area contributed by atoms with E-state index in [2.05, 4.69) is 15.2 Å². The number of carbonyl (C=O) groups is 1. The van der Waals surface area contributed by atoms with Gasteiger partial charge >= 0.3 is 0 Å². The van der Waals surface area contributed by atoms with E-state index in [1.54, 1.807) is 36.1 Å². The maximum absolute atomic E-state index is 12.4. The SMILES string of the molecule is O=C(NO)c1cccc(N2CC(Oc3ccc(CNc4cccnc4)cc3)C2)c1-c1cccc(Cl)c1. The zero-order chi connectivity index (χ0) is 24.9. The molecule has 0 unspecified atom stereocenters. The van der Waals surface area contributed by atoms with Crippen LogP contribution in [-0.4, -0.2) is 35.3 Å². The number of hydroxylamine groups is 1. The van der Waals surface area contributed by atoms with Crippen LogP contribution in [0.15, 0.2) is 91.3 Å². The van der Waals surface area contributed by atoms with Crippen LogP contribution in [0.3, 0.4) is 0 Å². The van der Waals surface area contributed by atoms with Crippen molar-refractivity contribution in [2.75, 3.05) is 23.3 Å². The lowest BCUT2D eigenvalue weighted by molar-refractivity contribution is 0.0707. The van der Waals surface area contributed by atoms with Gasteiger partial charge < -0.3 is 15.0 Å². The standard InChI is InChI=1S/C28H25ClN4O3/c29-21-5-1-4-20(14-21)27-25(28(34)32-35)7-2-8-26(27)33-17-24(18-33)36-23-11-9-19(10-12-23)15-31-22-6-3-13-30-16-22/h1-14,16,24,31,35H,15,17-18H2,(H,32,34). The Morgan fingerprint density at radius 3 is 2.58 bits per heavy atom. The highest BCUT2D eigenvalue weighted by Gasteiger charge is 2.31. The number of hydrogen-bond acceptors (Lipinski definition) is 6. The monoisotopic (exact) mass is 500 g/mol. The van der Waals surface area contributed by atoms with Crippen LogP contribution >= 0.6 is 11.6 Å². The average Bonchev–Trinajstić information content (AvgIpc) is 2.89. The van der Waals surface area contributed by atoms with Gasteiger partial charge in [-0.2, -0.15) is 0 Å². The Labute approximate surface area is 214 Å². The van der Waals surface area contributed by atoms with E-state index in [0.29, 0.717) is 30.2 Å². The average molecular weight is 501 g/mol. The number of ether oxygens (including phenoxy) is 1. The molecule has 2 heterocycles. The number of benzene rings is 3. The van der Waals surface area contributed by atoms with Crippen LogP contribution in [0.25, 0.3) is 11.1 Å². The molecular formula is C28H25ClN4O3. The van der Waals surface area contributed by atoms with Gasteiger partial charge in [0.1, 0.15) is 11.9 Å². The Morgan fingerprint density at radius 2 is 1.86 bits per heavy atom. The van der Waals surface area contributed by atoms with Crippen molar-refractivity contribution in [1.82, 2.24) is 10.5 Å². The summed E-state index contributed by atoms with van der Waals surface area (Å²) in [7, 11) is 0. The van der Waals surface area contributed by atoms with Crippen LogP contribution in [0.5, 0.6) is 5.75 Å². The Kier molecular flexibility index (Phi) is 7.02. The van der Waals surface area contributed by atoms with Crippen molar-refractivity contribution in [3.8, 4) is 16.9 Å². The van der Waals surface area contributed by atoms with E-state index >= 15 is 0 Å². The summed E-state index contributed by atoms with van der Waals surface area (Å²) in [5.41, 5.74) is 6.65. The van der Waals surface area contributed by atoms with Gasteiger partial charge in [-0.3, -0.25) is 15.0 Å².